The number of ether oxygens (including phenoxy) is 2. The maximum Gasteiger partial charge on any atom is 0.251 e. The molecular formula is C20H21N3O5. The van der Waals surface area contributed by atoms with Gasteiger partial charge in [-0.3, -0.25) is 14.4 Å². The van der Waals surface area contributed by atoms with Crippen LogP contribution in [0.5, 0.6) is 11.5 Å². The van der Waals surface area contributed by atoms with Crippen molar-refractivity contribution in [1.29, 1.82) is 0 Å². The lowest BCUT2D eigenvalue weighted by Gasteiger charge is -2.11. The summed E-state index contributed by atoms with van der Waals surface area (Å²) in [5, 5.41) is 5.26. The fourth-order valence-corrected chi connectivity index (χ4v) is 2.54. The van der Waals surface area contributed by atoms with E-state index in [1.165, 1.54) is 4.90 Å². The second-order valence-electron chi connectivity index (χ2n) is 6.46. The van der Waals surface area contributed by atoms with Crippen LogP contribution < -0.4 is 20.1 Å². The topological polar surface area (TPSA) is 97.0 Å². The van der Waals surface area contributed by atoms with Crippen LogP contribution in [0.3, 0.4) is 0 Å². The van der Waals surface area contributed by atoms with Crippen LogP contribution in [-0.4, -0.2) is 50.1 Å². The number of fused-ring (bicyclic) bond motifs is 1. The van der Waals surface area contributed by atoms with Crippen molar-refractivity contribution in [1.82, 2.24) is 10.2 Å². The lowest BCUT2D eigenvalue weighted by atomic mass is 10.1. The van der Waals surface area contributed by atoms with E-state index in [0.29, 0.717) is 29.2 Å². The Bertz CT molecular complexity index is 893. The molecule has 1 aliphatic heterocycles. The monoisotopic (exact) mass is 383 g/mol. The van der Waals surface area contributed by atoms with Gasteiger partial charge in [-0.05, 0) is 35.9 Å². The summed E-state index contributed by atoms with van der Waals surface area (Å²) < 4.78 is 10.4. The maximum absolute atomic E-state index is 12.2. The number of benzene rings is 2. The van der Waals surface area contributed by atoms with E-state index in [2.05, 4.69) is 10.6 Å². The Labute approximate surface area is 162 Å². The van der Waals surface area contributed by atoms with Crippen LogP contribution in [0.4, 0.5) is 5.69 Å². The van der Waals surface area contributed by atoms with E-state index < -0.39 is 0 Å². The number of nitrogens with zero attached hydrogens (tertiary/aromatic N) is 1. The van der Waals surface area contributed by atoms with Gasteiger partial charge < -0.3 is 25.0 Å². The quantitative estimate of drug-likeness (QED) is 0.786. The molecule has 3 amide bonds. The van der Waals surface area contributed by atoms with Crippen molar-refractivity contribution in [2.24, 2.45) is 0 Å². The molecule has 0 aromatic heterocycles. The third-order valence-electron chi connectivity index (χ3n) is 4.14. The number of carbonyl (C=O) groups is 3. The molecule has 0 bridgehead atoms. The molecule has 28 heavy (non-hydrogen) atoms. The normalized spacial score (nSPS) is 11.6. The van der Waals surface area contributed by atoms with Crippen molar-refractivity contribution in [3.8, 4) is 11.5 Å². The average molecular weight is 383 g/mol. The number of carbonyl (C=O) groups excluding carboxylic acids is 3. The SMILES string of the molecule is CN(C)C(=O)Cc1ccc(NC(=O)CNC(=O)c2ccc3c(c2)OCO3)cc1. The van der Waals surface area contributed by atoms with Crippen LogP contribution in [0.1, 0.15) is 15.9 Å². The van der Waals surface area contributed by atoms with Gasteiger partial charge in [0.25, 0.3) is 5.91 Å². The summed E-state index contributed by atoms with van der Waals surface area (Å²) in [7, 11) is 3.41. The minimum absolute atomic E-state index is 0.00279. The van der Waals surface area contributed by atoms with Gasteiger partial charge in [0.2, 0.25) is 18.6 Å². The number of likely N-dealkylation sites (N-methyl/N-ethyl adjacent to an activating group) is 1. The molecule has 1 aliphatic rings. The highest BCUT2D eigenvalue weighted by Gasteiger charge is 2.16. The summed E-state index contributed by atoms with van der Waals surface area (Å²) in [5.74, 6) is 0.357. The zero-order chi connectivity index (χ0) is 20.1. The Morgan fingerprint density at radius 2 is 1.71 bits per heavy atom. The third kappa shape index (κ3) is 4.79. The molecule has 0 spiro atoms. The van der Waals surface area contributed by atoms with E-state index in [1.807, 2.05) is 0 Å². The van der Waals surface area contributed by atoms with Crippen LogP contribution in [0.15, 0.2) is 42.5 Å². The number of anilines is 1. The molecule has 1 heterocycles. The highest BCUT2D eigenvalue weighted by Crippen LogP contribution is 2.32. The van der Waals surface area contributed by atoms with E-state index >= 15 is 0 Å². The highest BCUT2D eigenvalue weighted by atomic mass is 16.7. The van der Waals surface area contributed by atoms with Gasteiger partial charge in [0.1, 0.15) is 0 Å². The van der Waals surface area contributed by atoms with Crippen LogP contribution in [0.25, 0.3) is 0 Å². The van der Waals surface area contributed by atoms with E-state index in [4.69, 9.17) is 9.47 Å². The molecule has 8 heteroatoms. The van der Waals surface area contributed by atoms with Crippen LogP contribution in [-0.2, 0) is 16.0 Å². The minimum atomic E-state index is -0.383. The molecule has 2 aromatic rings. The van der Waals surface area contributed by atoms with Gasteiger partial charge >= 0.3 is 0 Å². The molecule has 0 aliphatic carbocycles. The first-order valence-corrected chi connectivity index (χ1v) is 8.69. The first-order chi connectivity index (χ1) is 13.4. The molecule has 0 fully saturated rings. The van der Waals surface area contributed by atoms with Crippen molar-refractivity contribution < 1.29 is 23.9 Å². The standard InChI is InChI=1S/C20H21N3O5/c1-23(2)19(25)9-13-3-6-15(7-4-13)22-18(24)11-21-20(26)14-5-8-16-17(10-14)28-12-27-16/h3-8,10H,9,11-12H2,1-2H3,(H,21,26)(H,22,24). The van der Waals surface area contributed by atoms with E-state index in [9.17, 15) is 14.4 Å². The van der Waals surface area contributed by atoms with Gasteiger partial charge in [-0.25, -0.2) is 0 Å². The molecule has 3 rings (SSSR count). The van der Waals surface area contributed by atoms with Crippen LogP contribution in [0.2, 0.25) is 0 Å². The maximum atomic E-state index is 12.2. The highest BCUT2D eigenvalue weighted by molar-refractivity contribution is 5.99. The first kappa shape index (κ1) is 19.2. The van der Waals surface area contributed by atoms with E-state index in [0.717, 1.165) is 5.56 Å². The molecular weight excluding hydrogens is 362 g/mol. The Morgan fingerprint density at radius 3 is 2.43 bits per heavy atom. The summed E-state index contributed by atoms with van der Waals surface area (Å²) in [6.07, 6.45) is 0.298. The fourth-order valence-electron chi connectivity index (χ4n) is 2.54. The van der Waals surface area contributed by atoms with Gasteiger partial charge in [-0.2, -0.15) is 0 Å². The number of nitrogens with one attached hydrogen (secondary N) is 2. The minimum Gasteiger partial charge on any atom is -0.454 e. The van der Waals surface area contributed by atoms with E-state index in [1.54, 1.807) is 56.6 Å². The van der Waals surface area contributed by atoms with Gasteiger partial charge in [0.15, 0.2) is 11.5 Å². The van der Waals surface area contributed by atoms with Crippen molar-refractivity contribution in [2.75, 3.05) is 32.7 Å². The smallest absolute Gasteiger partial charge is 0.251 e. The van der Waals surface area contributed by atoms with Crippen molar-refractivity contribution in [3.63, 3.8) is 0 Å². The predicted octanol–water partition coefficient (Wildman–Crippen LogP) is 1.41. The summed E-state index contributed by atoms with van der Waals surface area (Å²) in [5.41, 5.74) is 1.82. The fraction of sp³-hybridized carbons (Fsp3) is 0.250. The Balaban J connectivity index is 1.49. The second kappa shape index (κ2) is 8.43. The molecule has 0 saturated heterocycles. The van der Waals surface area contributed by atoms with Gasteiger partial charge in [-0.1, -0.05) is 12.1 Å². The molecule has 0 unspecified atom stereocenters. The number of amides is 3. The Morgan fingerprint density at radius 1 is 1.00 bits per heavy atom. The van der Waals surface area contributed by atoms with Gasteiger partial charge in [0.05, 0.1) is 13.0 Å². The summed E-state index contributed by atoms with van der Waals surface area (Å²) in [4.78, 5) is 37.5. The van der Waals surface area contributed by atoms with Crippen molar-refractivity contribution >= 4 is 23.4 Å². The first-order valence-electron chi connectivity index (χ1n) is 8.69. The Kier molecular flexibility index (Phi) is 5.78. The summed E-state index contributed by atoms with van der Waals surface area (Å²) in [6.45, 7) is -0.0426. The molecule has 0 saturated carbocycles. The summed E-state index contributed by atoms with van der Waals surface area (Å²) >= 11 is 0. The number of hydrogen-bond acceptors (Lipinski definition) is 5. The zero-order valence-electron chi connectivity index (χ0n) is 15.7. The molecule has 0 atom stereocenters. The van der Waals surface area contributed by atoms with E-state index in [-0.39, 0.29) is 31.1 Å². The lowest BCUT2D eigenvalue weighted by Crippen LogP contribution is -2.32. The van der Waals surface area contributed by atoms with Crippen LogP contribution in [0, 0.1) is 0 Å². The molecule has 2 N–H and O–H groups in total. The summed E-state index contributed by atoms with van der Waals surface area (Å²) in [6, 6.07) is 11.8. The third-order valence-corrected chi connectivity index (χ3v) is 4.14. The average Bonchev–Trinajstić information content (AvgIpc) is 3.15. The molecule has 8 nitrogen and oxygen atoms in total. The van der Waals surface area contributed by atoms with Crippen LogP contribution >= 0.6 is 0 Å². The largest absolute Gasteiger partial charge is 0.454 e. The van der Waals surface area contributed by atoms with Gasteiger partial charge in [0, 0.05) is 25.3 Å². The predicted molar refractivity (Wildman–Crippen MR) is 102 cm³/mol. The van der Waals surface area contributed by atoms with Crippen molar-refractivity contribution in [3.05, 3.63) is 53.6 Å². The zero-order valence-corrected chi connectivity index (χ0v) is 15.7. The lowest BCUT2D eigenvalue weighted by molar-refractivity contribution is -0.128. The van der Waals surface area contributed by atoms with Crippen molar-refractivity contribution in [2.45, 2.75) is 6.42 Å². The molecule has 0 radical (unpaired) electrons. The molecule has 2 aromatic carbocycles. The number of rotatable bonds is 6. The van der Waals surface area contributed by atoms with Gasteiger partial charge in [-0.15, -0.1) is 0 Å². The molecule has 146 valence electrons. The second-order valence-corrected chi connectivity index (χ2v) is 6.46. The number of hydrogen-bond donors (Lipinski definition) is 2. The Hall–Kier alpha value is -3.55.